The third-order valence-corrected chi connectivity index (χ3v) is 4.68. The van der Waals surface area contributed by atoms with Gasteiger partial charge in [-0.3, -0.25) is 9.59 Å². The predicted molar refractivity (Wildman–Crippen MR) is 104 cm³/mol. The highest BCUT2D eigenvalue weighted by atomic mass is 19.1. The molecule has 0 saturated carbocycles. The fraction of sp³-hybridized carbons (Fsp3) is 0.300. The summed E-state index contributed by atoms with van der Waals surface area (Å²) in [6.45, 7) is 3.18. The van der Waals surface area contributed by atoms with E-state index in [0.717, 1.165) is 36.8 Å². The van der Waals surface area contributed by atoms with E-state index >= 15 is 0 Å². The largest absolute Gasteiger partial charge is 0.506 e. The first-order chi connectivity index (χ1) is 13.5. The van der Waals surface area contributed by atoms with E-state index in [0.29, 0.717) is 12.2 Å². The van der Waals surface area contributed by atoms with Crippen molar-refractivity contribution in [2.45, 2.75) is 0 Å². The molecule has 0 aromatic heterocycles. The highest BCUT2D eigenvalue weighted by Gasteiger charge is 2.23. The fourth-order valence-corrected chi connectivity index (χ4v) is 3.18. The van der Waals surface area contributed by atoms with Crippen LogP contribution in [0.1, 0.15) is 0 Å². The smallest absolute Gasteiger partial charge is 0.275 e. The number of phenolic OH excluding ortho intramolecular Hbond substituents is 1. The van der Waals surface area contributed by atoms with Gasteiger partial charge in [-0.25, -0.2) is 4.39 Å². The number of nitrogens with zero attached hydrogens (tertiary/aromatic N) is 1. The lowest BCUT2D eigenvalue weighted by molar-refractivity contribution is -0.892. The molecular weight excluding hydrogens is 363 g/mol. The molecule has 148 valence electrons. The van der Waals surface area contributed by atoms with Crippen LogP contribution in [0.25, 0.3) is 0 Å². The van der Waals surface area contributed by atoms with Crippen LogP contribution >= 0.6 is 0 Å². The highest BCUT2D eigenvalue weighted by Crippen LogP contribution is 2.25. The molecule has 8 heteroatoms. The van der Waals surface area contributed by atoms with E-state index < -0.39 is 0 Å². The molecule has 0 radical (unpaired) electrons. The van der Waals surface area contributed by atoms with Crippen molar-refractivity contribution in [1.29, 1.82) is 0 Å². The summed E-state index contributed by atoms with van der Waals surface area (Å²) in [5, 5.41) is 15.2. The van der Waals surface area contributed by atoms with Gasteiger partial charge in [-0.2, -0.15) is 0 Å². The second-order valence-corrected chi connectivity index (χ2v) is 6.73. The van der Waals surface area contributed by atoms with E-state index in [9.17, 15) is 19.1 Å². The van der Waals surface area contributed by atoms with Crippen LogP contribution in [0.3, 0.4) is 0 Å². The third-order valence-electron chi connectivity index (χ3n) is 4.68. The monoisotopic (exact) mass is 387 g/mol. The number of halogens is 1. The van der Waals surface area contributed by atoms with Gasteiger partial charge in [-0.1, -0.05) is 12.1 Å². The zero-order chi connectivity index (χ0) is 19.9. The minimum Gasteiger partial charge on any atom is -0.506 e. The lowest BCUT2D eigenvalue weighted by Gasteiger charge is -2.33. The Hall–Kier alpha value is -3.13. The number of carbonyl (C=O) groups is 2. The first kappa shape index (κ1) is 19.6. The van der Waals surface area contributed by atoms with E-state index in [1.807, 2.05) is 12.1 Å². The predicted octanol–water partition coefficient (Wildman–Crippen LogP) is -0.00890. The summed E-state index contributed by atoms with van der Waals surface area (Å²) in [6, 6.07) is 12.7. The SMILES string of the molecule is O=C(C[NH+]1CCN(c2ccccc2O)CC1)NCC(=O)Nc1ccc(F)cc1. The number of phenols is 1. The Morgan fingerprint density at radius 2 is 1.71 bits per heavy atom. The Balaban J connectivity index is 1.38. The molecule has 0 atom stereocenters. The molecule has 1 heterocycles. The number of anilines is 2. The average molecular weight is 387 g/mol. The molecule has 1 aliphatic heterocycles. The Morgan fingerprint density at radius 1 is 1.04 bits per heavy atom. The number of para-hydroxylation sites is 2. The van der Waals surface area contributed by atoms with Crippen molar-refractivity contribution < 1.29 is 24.0 Å². The van der Waals surface area contributed by atoms with Gasteiger partial charge in [0, 0.05) is 5.69 Å². The maximum Gasteiger partial charge on any atom is 0.275 e. The number of aromatic hydroxyl groups is 1. The molecule has 0 bridgehead atoms. The Bertz CT molecular complexity index is 820. The summed E-state index contributed by atoms with van der Waals surface area (Å²) >= 11 is 0. The van der Waals surface area contributed by atoms with Gasteiger partial charge in [0.15, 0.2) is 6.54 Å². The van der Waals surface area contributed by atoms with Crippen LogP contribution in [0.2, 0.25) is 0 Å². The van der Waals surface area contributed by atoms with E-state index in [4.69, 9.17) is 0 Å². The molecule has 0 unspecified atom stereocenters. The van der Waals surface area contributed by atoms with Crippen LogP contribution in [0.5, 0.6) is 5.75 Å². The number of carbonyl (C=O) groups excluding carboxylic acids is 2. The molecule has 2 amide bonds. The number of quaternary nitrogens is 1. The molecular formula is C20H24FN4O3+. The molecule has 2 aromatic carbocycles. The first-order valence-corrected chi connectivity index (χ1v) is 9.20. The zero-order valence-electron chi connectivity index (χ0n) is 15.5. The quantitative estimate of drug-likeness (QED) is 0.562. The summed E-state index contributed by atoms with van der Waals surface area (Å²) in [7, 11) is 0. The third kappa shape index (κ3) is 5.43. The average Bonchev–Trinajstić information content (AvgIpc) is 2.69. The lowest BCUT2D eigenvalue weighted by Crippen LogP contribution is -3.16. The van der Waals surface area contributed by atoms with E-state index in [1.165, 1.54) is 24.3 Å². The zero-order valence-corrected chi connectivity index (χ0v) is 15.5. The lowest BCUT2D eigenvalue weighted by atomic mass is 10.2. The molecule has 1 aliphatic rings. The summed E-state index contributed by atoms with van der Waals surface area (Å²) in [4.78, 5) is 27.2. The minimum atomic E-state index is -0.378. The van der Waals surface area contributed by atoms with E-state index in [2.05, 4.69) is 15.5 Å². The second kappa shape index (κ2) is 9.18. The maximum absolute atomic E-state index is 12.9. The van der Waals surface area contributed by atoms with Gasteiger partial charge in [0.2, 0.25) is 5.91 Å². The van der Waals surface area contributed by atoms with Crippen molar-refractivity contribution in [3.63, 3.8) is 0 Å². The van der Waals surface area contributed by atoms with Gasteiger partial charge in [-0.05, 0) is 36.4 Å². The Labute approximate surface area is 162 Å². The van der Waals surface area contributed by atoms with Gasteiger partial charge in [0.1, 0.15) is 11.6 Å². The van der Waals surface area contributed by atoms with E-state index in [1.54, 1.807) is 12.1 Å². The van der Waals surface area contributed by atoms with Crippen LogP contribution in [-0.4, -0.2) is 56.2 Å². The van der Waals surface area contributed by atoms with Gasteiger partial charge < -0.3 is 25.5 Å². The number of amides is 2. The van der Waals surface area contributed by atoms with Crippen LogP contribution in [0.4, 0.5) is 15.8 Å². The number of rotatable bonds is 6. The first-order valence-electron chi connectivity index (χ1n) is 9.20. The number of benzene rings is 2. The molecule has 0 spiro atoms. The number of piperazine rings is 1. The van der Waals surface area contributed by atoms with Crippen LogP contribution in [0.15, 0.2) is 48.5 Å². The number of nitrogens with one attached hydrogen (secondary N) is 3. The summed E-state index contributed by atoms with van der Waals surface area (Å²) < 4.78 is 12.9. The van der Waals surface area contributed by atoms with Crippen molar-refractivity contribution >= 4 is 23.2 Å². The molecule has 3 rings (SSSR count). The summed E-state index contributed by atoms with van der Waals surface area (Å²) in [5.74, 6) is -0.674. The van der Waals surface area contributed by atoms with Crippen LogP contribution in [0, 0.1) is 5.82 Å². The topological polar surface area (TPSA) is 86.1 Å². The van der Waals surface area contributed by atoms with Crippen LogP contribution < -0.4 is 20.4 Å². The number of hydrogen-bond acceptors (Lipinski definition) is 4. The minimum absolute atomic E-state index is 0.131. The standard InChI is InChI=1S/C20H23FN4O3/c21-15-5-7-16(8-6-15)23-19(27)13-22-20(28)14-24-9-11-25(12-10-24)17-3-1-2-4-18(17)26/h1-8,26H,9-14H2,(H,22,28)(H,23,27)/p+1. The Morgan fingerprint density at radius 3 is 2.39 bits per heavy atom. The molecule has 0 aliphatic carbocycles. The molecule has 4 N–H and O–H groups in total. The van der Waals surface area contributed by atoms with Gasteiger partial charge >= 0.3 is 0 Å². The highest BCUT2D eigenvalue weighted by molar-refractivity contribution is 5.94. The second-order valence-electron chi connectivity index (χ2n) is 6.73. The molecule has 1 fully saturated rings. The fourth-order valence-electron chi connectivity index (χ4n) is 3.18. The van der Waals surface area contributed by atoms with Gasteiger partial charge in [0.25, 0.3) is 5.91 Å². The van der Waals surface area contributed by atoms with E-state index in [-0.39, 0.29) is 29.9 Å². The summed E-state index contributed by atoms with van der Waals surface area (Å²) in [5.41, 5.74) is 1.29. The van der Waals surface area contributed by atoms with Crippen molar-refractivity contribution in [2.24, 2.45) is 0 Å². The van der Waals surface area contributed by atoms with Gasteiger partial charge in [0.05, 0.1) is 38.4 Å². The van der Waals surface area contributed by atoms with Crippen molar-refractivity contribution in [3.05, 3.63) is 54.3 Å². The number of hydrogen-bond donors (Lipinski definition) is 4. The molecule has 7 nitrogen and oxygen atoms in total. The normalized spacial score (nSPS) is 14.5. The van der Waals surface area contributed by atoms with Gasteiger partial charge in [-0.15, -0.1) is 0 Å². The van der Waals surface area contributed by atoms with Crippen molar-refractivity contribution in [2.75, 3.05) is 49.5 Å². The van der Waals surface area contributed by atoms with Crippen molar-refractivity contribution in [1.82, 2.24) is 5.32 Å². The molecule has 2 aromatic rings. The maximum atomic E-state index is 12.9. The molecule has 28 heavy (non-hydrogen) atoms. The van der Waals surface area contributed by atoms with Crippen molar-refractivity contribution in [3.8, 4) is 5.75 Å². The Kier molecular flexibility index (Phi) is 6.44. The molecule has 1 saturated heterocycles. The van der Waals surface area contributed by atoms with Crippen LogP contribution in [-0.2, 0) is 9.59 Å². The summed E-state index contributed by atoms with van der Waals surface area (Å²) in [6.07, 6.45) is 0.